The number of hydrogen-bond acceptors (Lipinski definition) is 5. The smallest absolute Gasteiger partial charge is 0.439 e. The molecule has 8 nitrogen and oxygen atoms in total. The van der Waals surface area contributed by atoms with Gasteiger partial charge in [-0.25, -0.2) is 9.78 Å². The Hall–Kier alpha value is -4.28. The van der Waals surface area contributed by atoms with E-state index in [1.165, 1.54) is 18.3 Å². The second-order valence-corrected chi connectivity index (χ2v) is 8.04. The van der Waals surface area contributed by atoms with E-state index in [0.717, 1.165) is 12.1 Å². The number of piperidine rings is 1. The maximum Gasteiger partial charge on any atom is 0.573 e. The van der Waals surface area contributed by atoms with Crippen LogP contribution in [0.2, 0.25) is 0 Å². The van der Waals surface area contributed by atoms with Gasteiger partial charge in [-0.05, 0) is 55.3 Å². The molecule has 1 aliphatic heterocycles. The van der Waals surface area contributed by atoms with Gasteiger partial charge in [-0.3, -0.25) is 4.79 Å². The van der Waals surface area contributed by atoms with E-state index in [4.69, 9.17) is 4.74 Å². The van der Waals surface area contributed by atoms with Crippen LogP contribution in [0.3, 0.4) is 0 Å². The largest absolute Gasteiger partial charge is 0.573 e. The van der Waals surface area contributed by atoms with Crippen LogP contribution >= 0.6 is 0 Å². The van der Waals surface area contributed by atoms with Gasteiger partial charge in [0.25, 0.3) is 5.91 Å². The van der Waals surface area contributed by atoms with Crippen LogP contribution < -0.4 is 20.1 Å². The van der Waals surface area contributed by atoms with Crippen LogP contribution in [0.1, 0.15) is 23.2 Å². The predicted molar refractivity (Wildman–Crippen MR) is 125 cm³/mol. The van der Waals surface area contributed by atoms with Crippen molar-refractivity contribution in [3.8, 4) is 17.4 Å². The van der Waals surface area contributed by atoms with Gasteiger partial charge in [-0.1, -0.05) is 18.2 Å². The van der Waals surface area contributed by atoms with E-state index in [-0.39, 0.29) is 17.7 Å². The zero-order valence-electron chi connectivity index (χ0n) is 19.0. The summed E-state index contributed by atoms with van der Waals surface area (Å²) in [5.74, 6) is 0.501. The Labute approximate surface area is 205 Å². The molecule has 0 atom stereocenters. The Bertz CT molecular complexity index is 1160. The van der Waals surface area contributed by atoms with E-state index in [1.807, 2.05) is 30.3 Å². The topological polar surface area (TPSA) is 92.8 Å². The third-order valence-electron chi connectivity index (χ3n) is 5.41. The lowest BCUT2D eigenvalue weighted by atomic mass is 10.0. The number of rotatable bonds is 6. The third-order valence-corrected chi connectivity index (χ3v) is 5.41. The number of urea groups is 1. The minimum atomic E-state index is -4.78. The molecule has 1 aromatic heterocycles. The lowest BCUT2D eigenvalue weighted by Crippen LogP contribution is -2.47. The van der Waals surface area contributed by atoms with Crippen LogP contribution in [0.15, 0.2) is 72.9 Å². The molecule has 2 heterocycles. The predicted octanol–water partition coefficient (Wildman–Crippen LogP) is 5.20. The number of ether oxygens (including phenoxy) is 2. The molecular formula is C25H23F3N4O4. The summed E-state index contributed by atoms with van der Waals surface area (Å²) in [6.07, 6.45) is -2.19. The first-order valence-electron chi connectivity index (χ1n) is 11.2. The van der Waals surface area contributed by atoms with Crippen molar-refractivity contribution in [2.24, 2.45) is 0 Å². The fraction of sp³-hybridized carbons (Fsp3) is 0.240. The number of aromatic nitrogens is 1. The molecule has 1 saturated heterocycles. The quantitative estimate of drug-likeness (QED) is 0.486. The van der Waals surface area contributed by atoms with Crippen molar-refractivity contribution in [1.82, 2.24) is 15.2 Å². The summed E-state index contributed by atoms with van der Waals surface area (Å²) in [5, 5.41) is 5.40. The summed E-state index contributed by atoms with van der Waals surface area (Å²) in [4.78, 5) is 31.0. The van der Waals surface area contributed by atoms with Crippen LogP contribution in [0.25, 0.3) is 0 Å². The molecule has 11 heteroatoms. The molecule has 4 rings (SSSR count). The molecule has 188 valence electrons. The van der Waals surface area contributed by atoms with E-state index in [2.05, 4.69) is 20.4 Å². The second kappa shape index (κ2) is 11.0. The average Bonchev–Trinajstić information content (AvgIpc) is 2.85. The summed E-state index contributed by atoms with van der Waals surface area (Å²) in [5.41, 5.74) is 0.763. The van der Waals surface area contributed by atoms with Gasteiger partial charge in [0.2, 0.25) is 5.88 Å². The Balaban J connectivity index is 1.22. The first kappa shape index (κ1) is 24.8. The van der Waals surface area contributed by atoms with E-state index in [9.17, 15) is 22.8 Å². The normalized spacial score (nSPS) is 14.1. The van der Waals surface area contributed by atoms with E-state index < -0.39 is 12.4 Å². The molecule has 0 spiro atoms. The van der Waals surface area contributed by atoms with Gasteiger partial charge in [0, 0.05) is 37.1 Å². The summed E-state index contributed by atoms with van der Waals surface area (Å²) in [6, 6.07) is 16.7. The zero-order chi connectivity index (χ0) is 25.5. The number of likely N-dealkylation sites (tertiary alicyclic amines) is 1. The number of nitrogens with one attached hydrogen (secondary N) is 2. The number of para-hydroxylation sites is 1. The molecular weight excluding hydrogens is 477 g/mol. The lowest BCUT2D eigenvalue weighted by Gasteiger charge is -2.32. The van der Waals surface area contributed by atoms with Gasteiger partial charge in [0.05, 0.1) is 5.56 Å². The van der Waals surface area contributed by atoms with Crippen molar-refractivity contribution < 1.29 is 32.2 Å². The summed E-state index contributed by atoms with van der Waals surface area (Å²) in [7, 11) is 0. The highest BCUT2D eigenvalue weighted by Crippen LogP contribution is 2.24. The molecule has 36 heavy (non-hydrogen) atoms. The fourth-order valence-electron chi connectivity index (χ4n) is 3.68. The maximum atomic E-state index is 12.8. The van der Waals surface area contributed by atoms with Crippen LogP contribution in [0, 0.1) is 0 Å². The average molecular weight is 500 g/mol. The van der Waals surface area contributed by atoms with Crippen LogP contribution in [0.5, 0.6) is 17.4 Å². The molecule has 2 aromatic carbocycles. The molecule has 2 N–H and O–H groups in total. The molecule has 0 unspecified atom stereocenters. The van der Waals surface area contributed by atoms with Crippen LogP contribution in [-0.4, -0.2) is 47.3 Å². The lowest BCUT2D eigenvalue weighted by molar-refractivity contribution is -0.274. The second-order valence-electron chi connectivity index (χ2n) is 8.04. The number of amides is 3. The SMILES string of the molecule is O=C(Nc1ccc(OC(F)(F)F)cc1)NC1CCN(C(=O)c2ccc(Oc3ccccc3)nc2)CC1. The summed E-state index contributed by atoms with van der Waals surface area (Å²) in [6.45, 7) is 0.908. The van der Waals surface area contributed by atoms with Crippen molar-refractivity contribution in [1.29, 1.82) is 0 Å². The van der Waals surface area contributed by atoms with Crippen molar-refractivity contribution in [2.45, 2.75) is 25.2 Å². The van der Waals surface area contributed by atoms with E-state index in [1.54, 1.807) is 17.0 Å². The number of anilines is 1. The minimum Gasteiger partial charge on any atom is -0.439 e. The minimum absolute atomic E-state index is 0.151. The first-order valence-corrected chi connectivity index (χ1v) is 11.2. The molecule has 0 radical (unpaired) electrons. The van der Waals surface area contributed by atoms with Crippen molar-refractivity contribution in [2.75, 3.05) is 18.4 Å². The van der Waals surface area contributed by atoms with Gasteiger partial charge >= 0.3 is 12.4 Å². The maximum absolute atomic E-state index is 12.8. The molecule has 0 bridgehead atoms. The number of nitrogens with zero attached hydrogens (tertiary/aromatic N) is 2. The molecule has 1 fully saturated rings. The van der Waals surface area contributed by atoms with Crippen LogP contribution in [0.4, 0.5) is 23.7 Å². The van der Waals surface area contributed by atoms with Gasteiger partial charge < -0.3 is 25.0 Å². The Morgan fingerprint density at radius 1 is 0.917 bits per heavy atom. The van der Waals surface area contributed by atoms with Gasteiger partial charge in [-0.2, -0.15) is 0 Å². The van der Waals surface area contributed by atoms with Crippen LogP contribution in [-0.2, 0) is 0 Å². The first-order chi connectivity index (χ1) is 17.2. The molecule has 3 amide bonds. The van der Waals surface area contributed by atoms with Gasteiger partial charge in [-0.15, -0.1) is 13.2 Å². The number of carbonyl (C=O) groups excluding carboxylic acids is 2. The number of pyridine rings is 1. The highest BCUT2D eigenvalue weighted by Gasteiger charge is 2.31. The number of carbonyl (C=O) groups is 2. The molecule has 1 aliphatic rings. The highest BCUT2D eigenvalue weighted by atomic mass is 19.4. The monoisotopic (exact) mass is 500 g/mol. The Kier molecular flexibility index (Phi) is 7.57. The molecule has 0 aliphatic carbocycles. The molecule has 0 saturated carbocycles. The Morgan fingerprint density at radius 3 is 2.22 bits per heavy atom. The van der Waals surface area contributed by atoms with E-state index in [0.29, 0.717) is 48.8 Å². The standard InChI is InChI=1S/C25H23F3N4O4/c26-25(27,28)36-21-9-7-18(8-10-21)30-24(34)31-19-12-14-32(15-13-19)23(33)17-6-11-22(29-16-17)35-20-4-2-1-3-5-20/h1-11,16,19H,12-15H2,(H2,30,31,34). The summed E-state index contributed by atoms with van der Waals surface area (Å²) >= 11 is 0. The molecule has 3 aromatic rings. The Morgan fingerprint density at radius 2 is 1.61 bits per heavy atom. The third kappa shape index (κ3) is 7.11. The number of hydrogen-bond donors (Lipinski definition) is 2. The van der Waals surface area contributed by atoms with Crippen molar-refractivity contribution in [3.63, 3.8) is 0 Å². The number of alkyl halides is 3. The summed E-state index contributed by atoms with van der Waals surface area (Å²) < 4.78 is 46.2. The van der Waals surface area contributed by atoms with E-state index >= 15 is 0 Å². The number of halogens is 3. The van der Waals surface area contributed by atoms with Crippen molar-refractivity contribution >= 4 is 17.6 Å². The van der Waals surface area contributed by atoms with Gasteiger partial charge in [0.1, 0.15) is 11.5 Å². The highest BCUT2D eigenvalue weighted by molar-refractivity contribution is 5.94. The van der Waals surface area contributed by atoms with Gasteiger partial charge in [0.15, 0.2) is 0 Å². The fourth-order valence-corrected chi connectivity index (χ4v) is 3.68. The van der Waals surface area contributed by atoms with Crippen molar-refractivity contribution in [3.05, 3.63) is 78.5 Å². The number of benzene rings is 2. The zero-order valence-corrected chi connectivity index (χ0v) is 19.0.